The Balaban J connectivity index is 1.96. The summed E-state index contributed by atoms with van der Waals surface area (Å²) < 4.78 is 0. The van der Waals surface area contributed by atoms with Crippen LogP contribution in [0.3, 0.4) is 0 Å². The molecule has 0 bridgehead atoms. The van der Waals surface area contributed by atoms with Crippen molar-refractivity contribution in [2.75, 3.05) is 19.7 Å². The first-order valence-electron chi connectivity index (χ1n) is 8.29. The number of carbonyl (C=O) groups is 1. The summed E-state index contributed by atoms with van der Waals surface area (Å²) >= 11 is 0. The van der Waals surface area contributed by atoms with Gasteiger partial charge in [0.15, 0.2) is 0 Å². The van der Waals surface area contributed by atoms with Gasteiger partial charge in [-0.1, -0.05) is 19.3 Å². The molecule has 1 atom stereocenters. The van der Waals surface area contributed by atoms with Crippen molar-refractivity contribution >= 4 is 5.91 Å². The fourth-order valence-corrected chi connectivity index (χ4v) is 3.83. The second-order valence-corrected chi connectivity index (χ2v) is 6.64. The minimum Gasteiger partial charge on any atom is -0.395 e. The van der Waals surface area contributed by atoms with Gasteiger partial charge in [-0.2, -0.15) is 0 Å². The highest BCUT2D eigenvalue weighted by Crippen LogP contribution is 2.26. The van der Waals surface area contributed by atoms with Gasteiger partial charge in [-0.3, -0.25) is 9.69 Å². The lowest BCUT2D eigenvalue weighted by Crippen LogP contribution is -2.52. The number of carbonyl (C=O) groups excluding carboxylic acids is 1. The van der Waals surface area contributed by atoms with Crippen LogP contribution in [0.1, 0.15) is 58.8 Å². The number of nitrogens with zero attached hydrogens (tertiary/aromatic N) is 2. The van der Waals surface area contributed by atoms with E-state index >= 15 is 0 Å². The van der Waals surface area contributed by atoms with E-state index in [4.69, 9.17) is 0 Å². The lowest BCUT2D eigenvalue weighted by Gasteiger charge is -2.38. The average molecular weight is 282 g/mol. The SMILES string of the molecule is CC(C)N(C(=O)CN1CCCCC1CO)C1CCCC1. The number of piperidine rings is 1. The van der Waals surface area contributed by atoms with Crippen LogP contribution in [-0.2, 0) is 4.79 Å². The summed E-state index contributed by atoms with van der Waals surface area (Å²) in [7, 11) is 0. The highest BCUT2D eigenvalue weighted by molar-refractivity contribution is 5.79. The van der Waals surface area contributed by atoms with Crippen molar-refractivity contribution in [2.24, 2.45) is 0 Å². The van der Waals surface area contributed by atoms with Gasteiger partial charge in [0, 0.05) is 18.1 Å². The van der Waals surface area contributed by atoms with E-state index in [1.807, 2.05) is 0 Å². The normalized spacial score (nSPS) is 25.3. The number of aliphatic hydroxyl groups is 1. The Morgan fingerprint density at radius 3 is 2.45 bits per heavy atom. The third kappa shape index (κ3) is 3.73. The molecular formula is C16H30N2O2. The van der Waals surface area contributed by atoms with E-state index in [2.05, 4.69) is 23.6 Å². The first-order chi connectivity index (χ1) is 9.63. The molecule has 1 N–H and O–H groups in total. The quantitative estimate of drug-likeness (QED) is 0.839. The fraction of sp³-hybridized carbons (Fsp3) is 0.938. The molecule has 1 aliphatic carbocycles. The van der Waals surface area contributed by atoms with Crippen molar-refractivity contribution < 1.29 is 9.90 Å². The maximum atomic E-state index is 12.7. The summed E-state index contributed by atoms with van der Waals surface area (Å²) in [5.41, 5.74) is 0. The van der Waals surface area contributed by atoms with Crippen LogP contribution in [0.25, 0.3) is 0 Å². The minimum absolute atomic E-state index is 0.179. The molecule has 0 aromatic rings. The maximum Gasteiger partial charge on any atom is 0.237 e. The predicted molar refractivity (Wildman–Crippen MR) is 80.5 cm³/mol. The van der Waals surface area contributed by atoms with E-state index in [9.17, 15) is 9.90 Å². The number of likely N-dealkylation sites (tertiary alicyclic amines) is 1. The van der Waals surface area contributed by atoms with Crippen LogP contribution >= 0.6 is 0 Å². The van der Waals surface area contributed by atoms with Gasteiger partial charge in [-0.25, -0.2) is 0 Å². The van der Waals surface area contributed by atoms with Gasteiger partial charge >= 0.3 is 0 Å². The van der Waals surface area contributed by atoms with E-state index in [1.165, 1.54) is 19.3 Å². The van der Waals surface area contributed by atoms with Crippen LogP contribution in [0, 0.1) is 0 Å². The molecule has 1 saturated heterocycles. The molecule has 1 aliphatic heterocycles. The van der Waals surface area contributed by atoms with Gasteiger partial charge in [0.2, 0.25) is 5.91 Å². The molecule has 2 aliphatic rings. The van der Waals surface area contributed by atoms with Gasteiger partial charge < -0.3 is 10.0 Å². The highest BCUT2D eigenvalue weighted by atomic mass is 16.3. The standard InChI is InChI=1S/C16H30N2O2/c1-13(2)18(14-7-3-4-8-14)16(20)11-17-10-6-5-9-15(17)12-19/h13-15,19H,3-12H2,1-2H3. The molecule has 2 rings (SSSR count). The molecule has 1 unspecified atom stereocenters. The summed E-state index contributed by atoms with van der Waals surface area (Å²) in [5.74, 6) is 0.257. The molecule has 2 fully saturated rings. The first-order valence-corrected chi connectivity index (χ1v) is 8.29. The Kier molecular flexibility index (Phi) is 5.85. The zero-order valence-electron chi connectivity index (χ0n) is 13.1. The number of rotatable bonds is 5. The van der Waals surface area contributed by atoms with Crippen LogP contribution < -0.4 is 0 Å². The predicted octanol–water partition coefficient (Wildman–Crippen LogP) is 2.01. The minimum atomic E-state index is 0.179. The molecule has 20 heavy (non-hydrogen) atoms. The summed E-state index contributed by atoms with van der Waals surface area (Å²) in [5, 5.41) is 9.47. The summed E-state index contributed by atoms with van der Waals surface area (Å²) in [6, 6.07) is 0.910. The van der Waals surface area contributed by atoms with Crippen molar-refractivity contribution in [3.8, 4) is 0 Å². The second kappa shape index (κ2) is 7.41. The summed E-state index contributed by atoms with van der Waals surface area (Å²) in [6.07, 6.45) is 8.17. The van der Waals surface area contributed by atoms with Gasteiger partial charge in [0.25, 0.3) is 0 Å². The Morgan fingerprint density at radius 1 is 1.20 bits per heavy atom. The molecule has 0 spiro atoms. The van der Waals surface area contributed by atoms with E-state index < -0.39 is 0 Å². The van der Waals surface area contributed by atoms with E-state index in [-0.39, 0.29) is 24.6 Å². The van der Waals surface area contributed by atoms with Crippen molar-refractivity contribution in [3.05, 3.63) is 0 Å². The van der Waals surface area contributed by atoms with E-state index in [1.54, 1.807) is 0 Å². The molecule has 0 aromatic heterocycles. The average Bonchev–Trinajstić information content (AvgIpc) is 2.92. The summed E-state index contributed by atoms with van der Waals surface area (Å²) in [6.45, 7) is 5.86. The molecule has 4 heteroatoms. The second-order valence-electron chi connectivity index (χ2n) is 6.64. The molecular weight excluding hydrogens is 252 g/mol. The highest BCUT2D eigenvalue weighted by Gasteiger charge is 2.31. The van der Waals surface area contributed by atoms with Crippen LogP contribution in [0.2, 0.25) is 0 Å². The van der Waals surface area contributed by atoms with Crippen LogP contribution in [-0.4, -0.2) is 58.6 Å². The topological polar surface area (TPSA) is 43.8 Å². The maximum absolute atomic E-state index is 12.7. The van der Waals surface area contributed by atoms with E-state index in [0.29, 0.717) is 12.6 Å². The van der Waals surface area contributed by atoms with Gasteiger partial charge in [0.1, 0.15) is 0 Å². The Labute approximate surface area is 123 Å². The smallest absolute Gasteiger partial charge is 0.237 e. The monoisotopic (exact) mass is 282 g/mol. The zero-order chi connectivity index (χ0) is 14.5. The molecule has 1 amide bonds. The molecule has 4 nitrogen and oxygen atoms in total. The lowest BCUT2D eigenvalue weighted by molar-refractivity contribution is -0.137. The van der Waals surface area contributed by atoms with Crippen LogP contribution in [0.5, 0.6) is 0 Å². The van der Waals surface area contributed by atoms with Crippen molar-refractivity contribution in [1.82, 2.24) is 9.80 Å². The number of hydrogen-bond acceptors (Lipinski definition) is 3. The number of amides is 1. The van der Waals surface area contributed by atoms with Gasteiger partial charge in [-0.15, -0.1) is 0 Å². The first kappa shape index (κ1) is 15.8. The van der Waals surface area contributed by atoms with Crippen LogP contribution in [0.4, 0.5) is 0 Å². The van der Waals surface area contributed by atoms with Crippen molar-refractivity contribution in [1.29, 1.82) is 0 Å². The zero-order valence-corrected chi connectivity index (χ0v) is 13.1. The van der Waals surface area contributed by atoms with Gasteiger partial charge in [0.05, 0.1) is 13.2 Å². The molecule has 0 radical (unpaired) electrons. The third-order valence-electron chi connectivity index (χ3n) is 4.86. The Bertz CT molecular complexity index is 314. The fourth-order valence-electron chi connectivity index (χ4n) is 3.83. The molecule has 116 valence electrons. The number of aliphatic hydroxyl groups excluding tert-OH is 1. The Hall–Kier alpha value is -0.610. The number of hydrogen-bond donors (Lipinski definition) is 1. The summed E-state index contributed by atoms with van der Waals surface area (Å²) in [4.78, 5) is 17.0. The molecule has 1 heterocycles. The lowest BCUT2D eigenvalue weighted by atomic mass is 10.0. The van der Waals surface area contributed by atoms with E-state index in [0.717, 1.165) is 32.2 Å². The van der Waals surface area contributed by atoms with Gasteiger partial charge in [-0.05, 0) is 46.1 Å². The largest absolute Gasteiger partial charge is 0.395 e. The Morgan fingerprint density at radius 2 is 1.85 bits per heavy atom. The van der Waals surface area contributed by atoms with Crippen molar-refractivity contribution in [2.45, 2.75) is 76.9 Å². The third-order valence-corrected chi connectivity index (χ3v) is 4.86. The molecule has 0 aromatic carbocycles. The van der Waals surface area contributed by atoms with Crippen molar-refractivity contribution in [3.63, 3.8) is 0 Å². The van der Waals surface area contributed by atoms with Crippen LogP contribution in [0.15, 0.2) is 0 Å². The molecule has 1 saturated carbocycles.